The highest BCUT2D eigenvalue weighted by Gasteiger charge is 2.15. The number of benzene rings is 1. The van der Waals surface area contributed by atoms with Gasteiger partial charge in [0.05, 0.1) is 5.02 Å². The molecular formula is C11H8ClIN2OS. The van der Waals surface area contributed by atoms with Crippen molar-refractivity contribution in [3.63, 3.8) is 0 Å². The number of carbonyl (C=O) groups is 1. The van der Waals surface area contributed by atoms with Crippen LogP contribution in [0.5, 0.6) is 0 Å². The van der Waals surface area contributed by atoms with Gasteiger partial charge in [-0.15, -0.1) is 11.3 Å². The summed E-state index contributed by atoms with van der Waals surface area (Å²) in [7, 11) is 1.71. The Morgan fingerprint density at radius 2 is 2.29 bits per heavy atom. The summed E-state index contributed by atoms with van der Waals surface area (Å²) < 4.78 is 0.864. The Balaban J connectivity index is 2.28. The van der Waals surface area contributed by atoms with Gasteiger partial charge < -0.3 is 0 Å². The van der Waals surface area contributed by atoms with E-state index in [0.29, 0.717) is 15.7 Å². The lowest BCUT2D eigenvalue weighted by molar-refractivity contribution is 0.0993. The highest BCUT2D eigenvalue weighted by atomic mass is 127. The van der Waals surface area contributed by atoms with Crippen LogP contribution in [0, 0.1) is 3.57 Å². The summed E-state index contributed by atoms with van der Waals surface area (Å²) in [5, 5.41) is 3.17. The van der Waals surface area contributed by atoms with E-state index in [1.165, 1.54) is 16.2 Å². The average Bonchev–Trinajstić information content (AvgIpc) is 2.84. The zero-order valence-electron chi connectivity index (χ0n) is 8.85. The van der Waals surface area contributed by atoms with Crippen LogP contribution in [0.2, 0.25) is 5.02 Å². The van der Waals surface area contributed by atoms with Gasteiger partial charge in [-0.3, -0.25) is 9.69 Å². The summed E-state index contributed by atoms with van der Waals surface area (Å²) in [6, 6.07) is 5.22. The summed E-state index contributed by atoms with van der Waals surface area (Å²) in [4.78, 5) is 17.8. The van der Waals surface area contributed by atoms with Crippen LogP contribution in [0.3, 0.4) is 0 Å². The Bertz CT molecular complexity index is 544. The maximum atomic E-state index is 12.2. The van der Waals surface area contributed by atoms with Crippen LogP contribution in [-0.2, 0) is 0 Å². The van der Waals surface area contributed by atoms with Gasteiger partial charge in [0.15, 0.2) is 5.13 Å². The largest absolute Gasteiger partial charge is 0.287 e. The molecule has 0 fully saturated rings. The van der Waals surface area contributed by atoms with Crippen LogP contribution >= 0.6 is 45.5 Å². The second-order valence-corrected chi connectivity index (χ2v) is 5.75. The van der Waals surface area contributed by atoms with Gasteiger partial charge >= 0.3 is 0 Å². The number of aromatic nitrogens is 1. The van der Waals surface area contributed by atoms with Gasteiger partial charge in [0.1, 0.15) is 0 Å². The lowest BCUT2D eigenvalue weighted by Gasteiger charge is -2.13. The molecule has 1 aromatic heterocycles. The van der Waals surface area contributed by atoms with Crippen molar-refractivity contribution in [2.24, 2.45) is 0 Å². The second kappa shape index (κ2) is 5.32. The van der Waals surface area contributed by atoms with Gasteiger partial charge in [0.2, 0.25) is 0 Å². The van der Waals surface area contributed by atoms with E-state index in [1.54, 1.807) is 31.4 Å². The van der Waals surface area contributed by atoms with E-state index >= 15 is 0 Å². The van der Waals surface area contributed by atoms with Crippen LogP contribution in [-0.4, -0.2) is 17.9 Å². The predicted molar refractivity (Wildman–Crippen MR) is 79.0 cm³/mol. The lowest BCUT2D eigenvalue weighted by Crippen LogP contribution is -2.26. The van der Waals surface area contributed by atoms with Crippen molar-refractivity contribution in [2.75, 3.05) is 11.9 Å². The summed E-state index contributed by atoms with van der Waals surface area (Å²) in [6.45, 7) is 0. The standard InChI is InChI=1S/C11H8ClIN2OS/c1-15(11-14-4-5-17-11)10(16)7-2-3-8(12)9(13)6-7/h2-6H,1H3. The zero-order chi connectivity index (χ0) is 12.4. The van der Waals surface area contributed by atoms with E-state index in [-0.39, 0.29) is 5.91 Å². The minimum Gasteiger partial charge on any atom is -0.287 e. The number of carbonyl (C=O) groups excluding carboxylic acids is 1. The van der Waals surface area contributed by atoms with E-state index in [0.717, 1.165) is 3.57 Å². The highest BCUT2D eigenvalue weighted by molar-refractivity contribution is 14.1. The Morgan fingerprint density at radius 1 is 1.53 bits per heavy atom. The van der Waals surface area contributed by atoms with Crippen molar-refractivity contribution in [1.29, 1.82) is 0 Å². The fourth-order valence-corrected chi connectivity index (χ4v) is 2.53. The van der Waals surface area contributed by atoms with Gasteiger partial charge in [0.25, 0.3) is 5.91 Å². The fourth-order valence-electron chi connectivity index (χ4n) is 1.29. The predicted octanol–water partition coefficient (Wildman–Crippen LogP) is 3.68. The minimum absolute atomic E-state index is 0.0884. The Morgan fingerprint density at radius 3 is 2.88 bits per heavy atom. The highest BCUT2D eigenvalue weighted by Crippen LogP contribution is 2.22. The molecule has 1 aromatic carbocycles. The maximum Gasteiger partial charge on any atom is 0.259 e. The quantitative estimate of drug-likeness (QED) is 0.747. The van der Waals surface area contributed by atoms with E-state index < -0.39 is 0 Å². The molecular weight excluding hydrogens is 371 g/mol. The van der Waals surface area contributed by atoms with Crippen LogP contribution in [0.25, 0.3) is 0 Å². The van der Waals surface area contributed by atoms with E-state index in [4.69, 9.17) is 11.6 Å². The number of hydrogen-bond donors (Lipinski definition) is 0. The zero-order valence-corrected chi connectivity index (χ0v) is 12.6. The van der Waals surface area contributed by atoms with Crippen molar-refractivity contribution in [3.05, 3.63) is 43.9 Å². The first kappa shape index (κ1) is 12.8. The number of anilines is 1. The molecule has 0 aliphatic heterocycles. The van der Waals surface area contributed by atoms with Gasteiger partial charge in [-0.05, 0) is 40.8 Å². The molecule has 1 amide bonds. The van der Waals surface area contributed by atoms with Crippen LogP contribution < -0.4 is 4.90 Å². The minimum atomic E-state index is -0.0884. The smallest absolute Gasteiger partial charge is 0.259 e. The summed E-state index contributed by atoms with van der Waals surface area (Å²) in [5.74, 6) is -0.0884. The van der Waals surface area contributed by atoms with Crippen LogP contribution in [0.15, 0.2) is 29.8 Å². The number of hydrogen-bond acceptors (Lipinski definition) is 3. The van der Waals surface area contributed by atoms with Crippen molar-refractivity contribution < 1.29 is 4.79 Å². The Kier molecular flexibility index (Phi) is 4.01. The fraction of sp³-hybridized carbons (Fsp3) is 0.0909. The molecule has 6 heteroatoms. The van der Waals surface area contributed by atoms with Crippen LogP contribution in [0.4, 0.5) is 5.13 Å². The molecule has 0 saturated carbocycles. The second-order valence-electron chi connectivity index (χ2n) is 3.31. The SMILES string of the molecule is CN(C(=O)c1ccc(Cl)c(I)c1)c1nccs1. The third-order valence-electron chi connectivity index (χ3n) is 2.18. The third-order valence-corrected chi connectivity index (χ3v) is 4.57. The molecule has 0 aliphatic rings. The van der Waals surface area contributed by atoms with Crippen molar-refractivity contribution in [2.45, 2.75) is 0 Å². The third kappa shape index (κ3) is 2.78. The molecule has 1 heterocycles. The van der Waals surface area contributed by atoms with Crippen LogP contribution in [0.1, 0.15) is 10.4 Å². The molecule has 88 valence electrons. The summed E-state index contributed by atoms with van der Waals surface area (Å²) in [5.41, 5.74) is 0.608. The van der Waals surface area contributed by atoms with Gasteiger partial charge in [-0.1, -0.05) is 11.6 Å². The number of nitrogens with zero attached hydrogens (tertiary/aromatic N) is 2. The molecule has 17 heavy (non-hydrogen) atoms. The van der Waals surface area contributed by atoms with Crippen molar-refractivity contribution in [3.8, 4) is 0 Å². The molecule has 0 spiro atoms. The van der Waals surface area contributed by atoms with Crippen molar-refractivity contribution >= 4 is 56.6 Å². The van der Waals surface area contributed by atoms with E-state index in [1.807, 2.05) is 5.38 Å². The first-order valence-corrected chi connectivity index (χ1v) is 7.06. The van der Waals surface area contributed by atoms with E-state index in [9.17, 15) is 4.79 Å². The Hall–Kier alpha value is -0.660. The maximum absolute atomic E-state index is 12.2. The van der Waals surface area contributed by atoms with Gasteiger partial charge in [0, 0.05) is 27.8 Å². The van der Waals surface area contributed by atoms with Gasteiger partial charge in [-0.25, -0.2) is 4.98 Å². The molecule has 2 aromatic rings. The first-order valence-electron chi connectivity index (χ1n) is 4.72. The van der Waals surface area contributed by atoms with Crippen molar-refractivity contribution in [1.82, 2.24) is 4.98 Å². The molecule has 0 saturated heterocycles. The molecule has 2 rings (SSSR count). The molecule has 0 bridgehead atoms. The topological polar surface area (TPSA) is 33.2 Å². The number of amides is 1. The average molecular weight is 379 g/mol. The summed E-state index contributed by atoms with van der Waals surface area (Å²) >= 11 is 9.45. The normalized spacial score (nSPS) is 10.3. The lowest BCUT2D eigenvalue weighted by atomic mass is 10.2. The molecule has 0 aliphatic carbocycles. The molecule has 0 atom stereocenters. The van der Waals surface area contributed by atoms with E-state index in [2.05, 4.69) is 27.6 Å². The molecule has 0 radical (unpaired) electrons. The van der Waals surface area contributed by atoms with Gasteiger partial charge in [-0.2, -0.15) is 0 Å². The number of halogens is 2. The number of thiazole rings is 1. The summed E-state index contributed by atoms with van der Waals surface area (Å²) in [6.07, 6.45) is 1.68. The number of rotatable bonds is 2. The first-order chi connectivity index (χ1) is 8.09. The molecule has 0 N–H and O–H groups in total. The monoisotopic (exact) mass is 378 g/mol. The molecule has 0 unspecified atom stereocenters. The Labute approximate surface area is 122 Å². The molecule has 3 nitrogen and oxygen atoms in total.